The predicted octanol–water partition coefficient (Wildman–Crippen LogP) is 4.60. The van der Waals surface area contributed by atoms with Crippen molar-refractivity contribution in [3.63, 3.8) is 0 Å². The van der Waals surface area contributed by atoms with Gasteiger partial charge < -0.3 is 14.2 Å². The van der Waals surface area contributed by atoms with Gasteiger partial charge in [0.15, 0.2) is 6.79 Å². The van der Waals surface area contributed by atoms with E-state index < -0.39 is 28.0 Å². The first-order chi connectivity index (χ1) is 15.2. The third kappa shape index (κ3) is 5.05. The van der Waals surface area contributed by atoms with Crippen molar-refractivity contribution < 1.29 is 27.4 Å². The van der Waals surface area contributed by atoms with Crippen LogP contribution in [0.4, 0.5) is 0 Å². The maximum absolute atomic E-state index is 13.6. The standard InChI is InChI=1S/C22H25Cl2NO6S/c1-4-30-22(26)15-11-18(20-19(31-13-29-3)10-9-17(23)21(20)24)25(12-15)32(27,28)16-7-5-14(2)6-8-16/h5-10,15,18H,4,11-13H2,1-3H3/t15-,18-/m1/s1. The Labute approximate surface area is 198 Å². The molecule has 2 atom stereocenters. The number of sulfonamides is 1. The van der Waals surface area contributed by atoms with Gasteiger partial charge in [0.2, 0.25) is 10.0 Å². The number of hydrogen-bond donors (Lipinski definition) is 0. The van der Waals surface area contributed by atoms with Gasteiger partial charge in [0.05, 0.1) is 33.5 Å². The third-order valence-corrected chi connectivity index (χ3v) is 7.97. The largest absolute Gasteiger partial charge is 0.467 e. The summed E-state index contributed by atoms with van der Waals surface area (Å²) in [6.45, 7) is 3.66. The van der Waals surface area contributed by atoms with Gasteiger partial charge in [-0.15, -0.1) is 0 Å². The lowest BCUT2D eigenvalue weighted by molar-refractivity contribution is -0.147. The van der Waals surface area contributed by atoms with Crippen LogP contribution in [0.1, 0.15) is 30.5 Å². The van der Waals surface area contributed by atoms with Crippen molar-refractivity contribution in [2.75, 3.05) is 27.1 Å². The van der Waals surface area contributed by atoms with Crippen LogP contribution in [0.2, 0.25) is 10.0 Å². The lowest BCUT2D eigenvalue weighted by Gasteiger charge is -2.27. The lowest BCUT2D eigenvalue weighted by Crippen LogP contribution is -2.32. The van der Waals surface area contributed by atoms with Gasteiger partial charge in [-0.05, 0) is 44.5 Å². The monoisotopic (exact) mass is 501 g/mol. The minimum absolute atomic E-state index is 0.0493. The summed E-state index contributed by atoms with van der Waals surface area (Å²) in [5.74, 6) is -0.790. The molecular weight excluding hydrogens is 477 g/mol. The van der Waals surface area contributed by atoms with E-state index in [0.717, 1.165) is 5.56 Å². The molecule has 3 rings (SSSR count). The van der Waals surface area contributed by atoms with Crippen molar-refractivity contribution in [1.82, 2.24) is 4.31 Å². The molecule has 1 fully saturated rings. The fourth-order valence-electron chi connectivity index (χ4n) is 3.72. The van der Waals surface area contributed by atoms with Crippen LogP contribution in [0, 0.1) is 12.8 Å². The maximum Gasteiger partial charge on any atom is 0.310 e. The van der Waals surface area contributed by atoms with Crippen molar-refractivity contribution in [3.8, 4) is 5.75 Å². The molecule has 174 valence electrons. The van der Waals surface area contributed by atoms with Gasteiger partial charge in [-0.25, -0.2) is 8.42 Å². The van der Waals surface area contributed by atoms with Crippen LogP contribution in [0.25, 0.3) is 0 Å². The zero-order chi connectivity index (χ0) is 23.5. The first-order valence-corrected chi connectivity index (χ1v) is 12.2. The van der Waals surface area contributed by atoms with E-state index in [1.165, 1.54) is 11.4 Å². The fraction of sp³-hybridized carbons (Fsp3) is 0.409. The van der Waals surface area contributed by atoms with Crippen molar-refractivity contribution in [3.05, 3.63) is 57.6 Å². The molecule has 0 spiro atoms. The van der Waals surface area contributed by atoms with E-state index in [2.05, 4.69) is 0 Å². The molecule has 2 aromatic rings. The molecule has 1 aliphatic rings. The number of hydrogen-bond acceptors (Lipinski definition) is 6. The third-order valence-electron chi connectivity index (χ3n) is 5.26. The maximum atomic E-state index is 13.6. The minimum Gasteiger partial charge on any atom is -0.467 e. The van der Waals surface area contributed by atoms with Crippen LogP contribution >= 0.6 is 23.2 Å². The fourth-order valence-corrected chi connectivity index (χ4v) is 5.82. The molecule has 0 saturated carbocycles. The van der Waals surface area contributed by atoms with Crippen molar-refractivity contribution >= 4 is 39.2 Å². The summed E-state index contributed by atoms with van der Waals surface area (Å²) in [5.41, 5.74) is 1.32. The second kappa shape index (κ2) is 10.4. The molecule has 0 aliphatic carbocycles. The molecule has 2 aromatic carbocycles. The van der Waals surface area contributed by atoms with Crippen molar-refractivity contribution in [1.29, 1.82) is 0 Å². The second-order valence-corrected chi connectivity index (χ2v) is 10.1. The molecule has 1 heterocycles. The Balaban J connectivity index is 2.12. The summed E-state index contributed by atoms with van der Waals surface area (Å²) in [6, 6.07) is 8.92. The van der Waals surface area contributed by atoms with Gasteiger partial charge in [0.25, 0.3) is 0 Å². The van der Waals surface area contributed by atoms with Gasteiger partial charge in [0.1, 0.15) is 5.75 Å². The normalized spacial score (nSPS) is 19.2. The number of carbonyl (C=O) groups is 1. The van der Waals surface area contributed by atoms with E-state index in [0.29, 0.717) is 11.3 Å². The molecule has 0 unspecified atom stereocenters. The predicted molar refractivity (Wildman–Crippen MR) is 122 cm³/mol. The molecule has 0 radical (unpaired) electrons. The number of halogens is 2. The Kier molecular flexibility index (Phi) is 8.06. The highest BCUT2D eigenvalue weighted by Crippen LogP contribution is 2.47. The number of nitrogens with zero attached hydrogens (tertiary/aromatic N) is 1. The molecular formula is C22H25Cl2NO6S. The average molecular weight is 502 g/mol. The lowest BCUT2D eigenvalue weighted by atomic mass is 9.99. The Morgan fingerprint density at radius 3 is 2.47 bits per heavy atom. The Hall–Kier alpha value is -1.84. The zero-order valence-corrected chi connectivity index (χ0v) is 20.3. The van der Waals surface area contributed by atoms with Crippen LogP contribution < -0.4 is 4.74 Å². The minimum atomic E-state index is -3.96. The van der Waals surface area contributed by atoms with E-state index in [-0.39, 0.29) is 41.3 Å². The van der Waals surface area contributed by atoms with Gasteiger partial charge in [-0.2, -0.15) is 4.31 Å². The van der Waals surface area contributed by atoms with Crippen molar-refractivity contribution in [2.45, 2.75) is 31.2 Å². The molecule has 7 nitrogen and oxygen atoms in total. The molecule has 1 saturated heterocycles. The van der Waals surface area contributed by atoms with Crippen LogP contribution in [0.3, 0.4) is 0 Å². The van der Waals surface area contributed by atoms with Crippen LogP contribution in [-0.4, -0.2) is 45.7 Å². The molecule has 32 heavy (non-hydrogen) atoms. The van der Waals surface area contributed by atoms with E-state index in [1.807, 2.05) is 6.92 Å². The van der Waals surface area contributed by atoms with Gasteiger partial charge in [0, 0.05) is 19.2 Å². The molecule has 0 N–H and O–H groups in total. The Morgan fingerprint density at radius 1 is 1.16 bits per heavy atom. The summed E-state index contributed by atoms with van der Waals surface area (Å²) in [7, 11) is -2.49. The van der Waals surface area contributed by atoms with E-state index in [1.54, 1.807) is 43.3 Å². The summed E-state index contributed by atoms with van der Waals surface area (Å²) in [4.78, 5) is 12.7. The van der Waals surface area contributed by atoms with E-state index in [9.17, 15) is 13.2 Å². The quantitative estimate of drug-likeness (QED) is 0.388. The highest BCUT2D eigenvalue weighted by molar-refractivity contribution is 7.89. The van der Waals surface area contributed by atoms with Gasteiger partial charge in [-0.1, -0.05) is 40.9 Å². The van der Waals surface area contributed by atoms with E-state index >= 15 is 0 Å². The molecule has 0 amide bonds. The average Bonchev–Trinajstić information content (AvgIpc) is 3.21. The SMILES string of the molecule is CCOC(=O)[C@@H]1C[C@H](c2c(OCOC)ccc(Cl)c2Cl)N(S(=O)(=O)c2ccc(C)cc2)C1. The number of benzene rings is 2. The van der Waals surface area contributed by atoms with Gasteiger partial charge >= 0.3 is 5.97 Å². The van der Waals surface area contributed by atoms with Crippen LogP contribution in [0.5, 0.6) is 5.75 Å². The highest BCUT2D eigenvalue weighted by Gasteiger charge is 2.46. The van der Waals surface area contributed by atoms with Crippen molar-refractivity contribution in [2.24, 2.45) is 5.92 Å². The first-order valence-electron chi connectivity index (χ1n) is 10.1. The molecule has 0 aromatic heterocycles. The molecule has 10 heteroatoms. The molecule has 0 bridgehead atoms. The Bertz CT molecular complexity index is 1070. The number of carbonyl (C=O) groups excluding carboxylic acids is 1. The smallest absolute Gasteiger partial charge is 0.310 e. The summed E-state index contributed by atoms with van der Waals surface area (Å²) >= 11 is 12.8. The van der Waals surface area contributed by atoms with Crippen LogP contribution in [-0.2, 0) is 24.3 Å². The molecule has 1 aliphatic heterocycles. The topological polar surface area (TPSA) is 82.1 Å². The summed E-state index contributed by atoms with van der Waals surface area (Å²) < 4.78 is 44.3. The van der Waals surface area contributed by atoms with Gasteiger partial charge in [-0.3, -0.25) is 4.79 Å². The summed E-state index contributed by atoms with van der Waals surface area (Å²) in [6.07, 6.45) is 0.174. The number of aryl methyl sites for hydroxylation is 1. The zero-order valence-electron chi connectivity index (χ0n) is 18.0. The number of esters is 1. The number of methoxy groups -OCH3 is 1. The highest BCUT2D eigenvalue weighted by atomic mass is 35.5. The van der Waals surface area contributed by atoms with E-state index in [4.69, 9.17) is 37.4 Å². The summed E-state index contributed by atoms with van der Waals surface area (Å²) in [5, 5.41) is 0.414. The Morgan fingerprint density at radius 2 is 1.84 bits per heavy atom. The van der Waals surface area contributed by atoms with Crippen LogP contribution in [0.15, 0.2) is 41.3 Å². The number of ether oxygens (including phenoxy) is 3. The second-order valence-electron chi connectivity index (χ2n) is 7.41. The first kappa shape index (κ1) is 24.8. The number of rotatable bonds is 8.